The number of thiophene rings is 2. The van der Waals surface area contributed by atoms with Gasteiger partial charge in [-0.2, -0.15) is 40.5 Å². The fourth-order valence-corrected chi connectivity index (χ4v) is 13.8. The van der Waals surface area contributed by atoms with Crippen LogP contribution in [0.5, 0.6) is 23.0 Å². The Morgan fingerprint density at radius 3 is 1.42 bits per heavy atom. The van der Waals surface area contributed by atoms with Gasteiger partial charge in [0, 0.05) is 44.1 Å². The maximum atomic E-state index is 12.2. The van der Waals surface area contributed by atoms with Crippen molar-refractivity contribution in [2.45, 2.75) is 47.0 Å². The van der Waals surface area contributed by atoms with E-state index in [-0.39, 0.29) is 65.2 Å². The minimum absolute atomic E-state index is 0.0998. The lowest BCUT2D eigenvalue weighted by atomic mass is 10.2. The average Bonchev–Trinajstić information content (AvgIpc) is 4.17. The number of anilines is 6. The Bertz CT molecular complexity index is 3410. The van der Waals surface area contributed by atoms with Crippen molar-refractivity contribution in [2.24, 2.45) is 20.5 Å². The monoisotopic (exact) mass is 1140 g/mol. The minimum Gasteiger partial charge on any atom is -0.494 e. The van der Waals surface area contributed by atoms with E-state index in [1.807, 2.05) is 70.2 Å². The number of fused-ring (bicyclic) bond motifs is 2. The van der Waals surface area contributed by atoms with Crippen molar-refractivity contribution in [2.75, 3.05) is 75.1 Å². The Kier molecular flexibility index (Phi) is 16.8. The van der Waals surface area contributed by atoms with Gasteiger partial charge in [0.15, 0.2) is 35.1 Å². The van der Waals surface area contributed by atoms with Crippen LogP contribution in [0, 0.1) is 0 Å². The zero-order valence-electron chi connectivity index (χ0n) is 40.7. The van der Waals surface area contributed by atoms with Crippen molar-refractivity contribution < 1.29 is 44.9 Å². The second-order valence-electron chi connectivity index (χ2n) is 15.2. The molecule has 0 saturated heterocycles. The van der Waals surface area contributed by atoms with Crippen molar-refractivity contribution in [3.05, 3.63) is 60.2 Å². The van der Waals surface area contributed by atoms with Gasteiger partial charge in [0.25, 0.3) is 0 Å². The third-order valence-corrected chi connectivity index (χ3v) is 18.4. The third kappa shape index (κ3) is 11.5. The lowest BCUT2D eigenvalue weighted by Gasteiger charge is -2.25. The number of azo groups is 2. The fourth-order valence-electron chi connectivity index (χ4n) is 7.51. The molecule has 0 atom stereocenters. The predicted molar refractivity (Wildman–Crippen MR) is 292 cm³/mol. The SMILES string of the molecule is CCN(CC)c1cc(Nc2nc(Nc3cc(N(CC)CC)c(OC)cc3N=Nc3snc4sc(S(=O)(=O)O)c(OC)c34)nc(SCc3ccccc3)n2)c(N=Nc2snc3sc(S(=O)(=O)O)c(OC)c23)cc1OC. The summed E-state index contributed by atoms with van der Waals surface area (Å²) in [5.74, 6) is 1.50. The molecule has 4 N–H and O–H groups in total. The number of hydrogen-bond donors (Lipinski definition) is 4. The largest absolute Gasteiger partial charge is 0.494 e. The lowest BCUT2D eigenvalue weighted by Crippen LogP contribution is -2.22. The van der Waals surface area contributed by atoms with Crippen molar-refractivity contribution >= 4 is 154 Å². The number of methoxy groups -OCH3 is 4. The average molecular weight is 1140 g/mol. The molecule has 30 heteroatoms. The molecule has 8 aromatic rings. The number of hydrogen-bond acceptors (Lipinski definition) is 26. The van der Waals surface area contributed by atoms with Crippen LogP contribution >= 0.6 is 57.5 Å². The Balaban J connectivity index is 1.26. The molecule has 0 aliphatic carbocycles. The summed E-state index contributed by atoms with van der Waals surface area (Å²) in [5, 5.41) is 26.4. The van der Waals surface area contributed by atoms with Gasteiger partial charge >= 0.3 is 20.2 Å². The topological polar surface area (TPSA) is 290 Å². The molecule has 0 saturated carbocycles. The molecule has 74 heavy (non-hydrogen) atoms. The summed E-state index contributed by atoms with van der Waals surface area (Å²) in [6.07, 6.45) is 0. The summed E-state index contributed by atoms with van der Waals surface area (Å²) < 4.78 is 99.3. The lowest BCUT2D eigenvalue weighted by molar-refractivity contribution is 0.406. The molecule has 390 valence electrons. The van der Waals surface area contributed by atoms with E-state index in [2.05, 4.69) is 49.6 Å². The van der Waals surface area contributed by atoms with E-state index in [4.69, 9.17) is 33.9 Å². The molecule has 0 aliphatic heterocycles. The zero-order valence-corrected chi connectivity index (χ0v) is 46.4. The van der Waals surface area contributed by atoms with E-state index in [1.54, 1.807) is 26.4 Å². The van der Waals surface area contributed by atoms with Crippen molar-refractivity contribution in [3.8, 4) is 23.0 Å². The van der Waals surface area contributed by atoms with E-state index in [9.17, 15) is 25.9 Å². The highest BCUT2D eigenvalue weighted by atomic mass is 32.3. The van der Waals surface area contributed by atoms with Gasteiger partial charge in [0.1, 0.15) is 32.5 Å². The first-order valence-electron chi connectivity index (χ1n) is 22.2. The van der Waals surface area contributed by atoms with E-state index in [1.165, 1.54) is 26.0 Å². The predicted octanol–water partition coefficient (Wildman–Crippen LogP) is 12.0. The number of benzene rings is 3. The van der Waals surface area contributed by atoms with Crippen LogP contribution in [0.2, 0.25) is 0 Å². The van der Waals surface area contributed by atoms with Gasteiger partial charge in [0.2, 0.25) is 11.9 Å². The Hall–Kier alpha value is -6.38. The highest BCUT2D eigenvalue weighted by Gasteiger charge is 2.29. The van der Waals surface area contributed by atoms with E-state index in [0.29, 0.717) is 60.0 Å². The molecule has 0 fully saturated rings. The molecule has 0 aliphatic rings. The van der Waals surface area contributed by atoms with Gasteiger partial charge in [-0.05, 0) is 68.5 Å². The van der Waals surface area contributed by atoms with Crippen LogP contribution in [0.1, 0.15) is 33.3 Å². The second kappa shape index (κ2) is 23.0. The highest BCUT2D eigenvalue weighted by molar-refractivity contribution is 7.98. The summed E-state index contributed by atoms with van der Waals surface area (Å²) >= 11 is 4.82. The molecule has 0 spiro atoms. The molecule has 0 bridgehead atoms. The molecule has 23 nitrogen and oxygen atoms in total. The third-order valence-electron chi connectivity index (χ3n) is 11.0. The van der Waals surface area contributed by atoms with Crippen LogP contribution in [0.15, 0.2) is 88.6 Å². The number of thioether (sulfide) groups is 1. The molecule has 0 radical (unpaired) electrons. The maximum absolute atomic E-state index is 12.2. The molecule has 3 aromatic carbocycles. The first-order valence-corrected chi connectivity index (χ1v) is 29.2. The number of aromatic nitrogens is 5. The summed E-state index contributed by atoms with van der Waals surface area (Å²) in [5.41, 5.74) is 3.85. The fraction of sp³-hybridized carbons (Fsp3) is 0.295. The second-order valence-corrected chi connectivity index (χ2v) is 22.9. The molecule has 0 amide bonds. The normalized spacial score (nSPS) is 12.1. The Labute approximate surface area is 445 Å². The van der Waals surface area contributed by atoms with Crippen molar-refractivity contribution in [1.29, 1.82) is 0 Å². The molecule has 5 aromatic heterocycles. The van der Waals surface area contributed by atoms with Crippen LogP contribution in [-0.4, -0.2) is 104 Å². The standard InChI is InChI=1S/C44H47N13O10S7/c1-9-56(10-2)28-18-24(26(20-30(28)64-5)50-52-36-32-34(66-7)40(73(58,59)60)69-38(32)54-71-36)45-42-47-43(49-44(48-42)68-22-23-16-14-13-15-17-23)46-25-19-29(57(11-3)12-4)31(65-6)21-27(25)51-53-37-33-35(67-8)41(74(61,62)63)70-39(33)55-72-37/h13-21H,9-12,22H2,1-8H3,(H,58,59,60)(H,61,62,63)(H2,45,46,47,48,49). The van der Waals surface area contributed by atoms with E-state index >= 15 is 0 Å². The summed E-state index contributed by atoms with van der Waals surface area (Å²) in [6, 6.07) is 16.9. The minimum atomic E-state index is -4.64. The molecule has 8 rings (SSSR count). The summed E-state index contributed by atoms with van der Waals surface area (Å²) in [4.78, 5) is 19.4. The summed E-state index contributed by atoms with van der Waals surface area (Å²) in [6.45, 7) is 10.6. The maximum Gasteiger partial charge on any atom is 0.307 e. The zero-order chi connectivity index (χ0) is 52.9. The van der Waals surface area contributed by atoms with Crippen LogP contribution < -0.4 is 39.4 Å². The van der Waals surface area contributed by atoms with Crippen LogP contribution in [0.3, 0.4) is 0 Å². The molecule has 5 heterocycles. The number of nitrogens with zero attached hydrogens (tertiary/aromatic N) is 11. The van der Waals surface area contributed by atoms with Gasteiger partial charge in [-0.15, -0.1) is 20.5 Å². The van der Waals surface area contributed by atoms with E-state index < -0.39 is 28.7 Å². The van der Waals surface area contributed by atoms with Gasteiger partial charge in [-0.1, -0.05) is 64.8 Å². The first kappa shape index (κ1) is 53.9. The van der Waals surface area contributed by atoms with Crippen LogP contribution in [0.25, 0.3) is 20.4 Å². The van der Waals surface area contributed by atoms with Gasteiger partial charge in [0.05, 0.1) is 62.0 Å². The molecule has 0 unspecified atom stereocenters. The van der Waals surface area contributed by atoms with Gasteiger partial charge in [-0.25, -0.2) is 0 Å². The first-order chi connectivity index (χ1) is 35.5. The number of ether oxygens (including phenoxy) is 4. The molecular weight excluding hydrogens is 1100 g/mol. The highest BCUT2D eigenvalue weighted by Crippen LogP contribution is 2.50. The summed E-state index contributed by atoms with van der Waals surface area (Å²) in [7, 11) is -3.60. The van der Waals surface area contributed by atoms with Gasteiger partial charge in [-0.3, -0.25) is 9.11 Å². The number of nitrogens with one attached hydrogen (secondary N) is 2. The van der Waals surface area contributed by atoms with Crippen molar-refractivity contribution in [1.82, 2.24) is 23.7 Å². The number of rotatable bonds is 23. The Morgan fingerprint density at radius 1 is 0.608 bits per heavy atom. The van der Waals surface area contributed by atoms with Crippen molar-refractivity contribution in [3.63, 3.8) is 0 Å². The van der Waals surface area contributed by atoms with Gasteiger partial charge < -0.3 is 39.4 Å². The van der Waals surface area contributed by atoms with Crippen LogP contribution in [-0.2, 0) is 26.0 Å². The van der Waals surface area contributed by atoms with Crippen LogP contribution in [0.4, 0.5) is 56.0 Å². The molecular formula is C44H47N13O10S7. The quantitative estimate of drug-likeness (QED) is 0.0263. The smallest absolute Gasteiger partial charge is 0.307 e. The van der Waals surface area contributed by atoms with E-state index in [0.717, 1.165) is 62.7 Å². The Morgan fingerprint density at radius 2 is 1.04 bits per heavy atom.